The molecular formula is C12H11N5O. The maximum atomic E-state index is 9.58. The van der Waals surface area contributed by atoms with Crippen molar-refractivity contribution >= 4 is 22.7 Å². The minimum absolute atomic E-state index is 0.0282. The summed E-state index contributed by atoms with van der Waals surface area (Å²) in [5, 5.41) is 9.58. The average molecular weight is 241 g/mol. The van der Waals surface area contributed by atoms with Gasteiger partial charge < -0.3 is 21.6 Å². The summed E-state index contributed by atoms with van der Waals surface area (Å²) in [5.41, 5.74) is 13.5. The number of phenols is 1. The minimum atomic E-state index is 0.0282. The van der Waals surface area contributed by atoms with E-state index in [1.807, 2.05) is 6.07 Å². The number of aromatic nitrogens is 3. The summed E-state index contributed by atoms with van der Waals surface area (Å²) in [4.78, 5) is 11.5. The van der Waals surface area contributed by atoms with Gasteiger partial charge in [0.2, 0.25) is 0 Å². The number of rotatable bonds is 1. The van der Waals surface area contributed by atoms with Crippen molar-refractivity contribution in [1.82, 2.24) is 15.0 Å². The van der Waals surface area contributed by atoms with Crippen LogP contribution in [0.4, 0.5) is 11.5 Å². The van der Waals surface area contributed by atoms with Gasteiger partial charge in [0.25, 0.3) is 0 Å². The molecular weight excluding hydrogens is 230 g/mol. The topological polar surface area (TPSA) is 114 Å². The summed E-state index contributed by atoms with van der Waals surface area (Å²) < 4.78 is 0. The number of hydrogen-bond acceptors (Lipinski definition) is 5. The van der Waals surface area contributed by atoms with Gasteiger partial charge in [0.05, 0.1) is 11.2 Å². The van der Waals surface area contributed by atoms with E-state index in [1.165, 1.54) is 0 Å². The normalized spacial score (nSPS) is 10.9. The van der Waals surface area contributed by atoms with Crippen LogP contribution in [0.5, 0.6) is 5.75 Å². The second-order valence-electron chi connectivity index (χ2n) is 3.97. The first kappa shape index (κ1) is 10.4. The molecule has 3 rings (SSSR count). The lowest BCUT2D eigenvalue weighted by Crippen LogP contribution is -1.88. The van der Waals surface area contributed by atoms with Gasteiger partial charge in [0, 0.05) is 5.56 Å². The largest absolute Gasteiger partial charge is 0.506 e. The molecule has 0 atom stereocenters. The molecule has 18 heavy (non-hydrogen) atoms. The van der Waals surface area contributed by atoms with E-state index in [1.54, 1.807) is 24.3 Å². The van der Waals surface area contributed by atoms with E-state index >= 15 is 0 Å². The summed E-state index contributed by atoms with van der Waals surface area (Å²) in [6.07, 6.45) is 0. The van der Waals surface area contributed by atoms with Crippen molar-refractivity contribution in [3.63, 3.8) is 0 Å². The summed E-state index contributed by atoms with van der Waals surface area (Å²) in [6.45, 7) is 0. The highest BCUT2D eigenvalue weighted by Gasteiger charge is 2.08. The zero-order valence-corrected chi connectivity index (χ0v) is 9.38. The summed E-state index contributed by atoms with van der Waals surface area (Å²) in [6, 6.07) is 8.46. The van der Waals surface area contributed by atoms with E-state index in [0.717, 1.165) is 11.1 Å². The molecule has 0 aliphatic carbocycles. The SMILES string of the molecule is Nc1ccc2[nH]c(-c3ccc(N)c(O)c3)nc2n1. The highest BCUT2D eigenvalue weighted by atomic mass is 16.3. The van der Waals surface area contributed by atoms with Crippen molar-refractivity contribution in [2.24, 2.45) is 0 Å². The number of imidazole rings is 1. The van der Waals surface area contributed by atoms with Gasteiger partial charge in [0.1, 0.15) is 17.4 Å². The summed E-state index contributed by atoms with van der Waals surface area (Å²) in [7, 11) is 0. The Morgan fingerprint density at radius 3 is 2.67 bits per heavy atom. The van der Waals surface area contributed by atoms with Crippen LogP contribution in [0.1, 0.15) is 0 Å². The monoisotopic (exact) mass is 241 g/mol. The maximum Gasteiger partial charge on any atom is 0.180 e. The van der Waals surface area contributed by atoms with Crippen LogP contribution >= 0.6 is 0 Å². The number of benzene rings is 1. The number of hydrogen-bond donors (Lipinski definition) is 4. The predicted molar refractivity (Wildman–Crippen MR) is 69.8 cm³/mol. The molecule has 0 amide bonds. The van der Waals surface area contributed by atoms with Crippen molar-refractivity contribution in [1.29, 1.82) is 0 Å². The smallest absolute Gasteiger partial charge is 0.180 e. The average Bonchev–Trinajstić information content (AvgIpc) is 2.75. The molecule has 0 unspecified atom stereocenters. The van der Waals surface area contributed by atoms with Gasteiger partial charge in [-0.2, -0.15) is 0 Å². The van der Waals surface area contributed by atoms with Gasteiger partial charge >= 0.3 is 0 Å². The lowest BCUT2D eigenvalue weighted by atomic mass is 10.2. The quantitative estimate of drug-likeness (QED) is 0.380. The van der Waals surface area contributed by atoms with Crippen LogP contribution in [0.25, 0.3) is 22.6 Å². The van der Waals surface area contributed by atoms with Gasteiger partial charge in [0.15, 0.2) is 5.65 Å². The van der Waals surface area contributed by atoms with Crippen LogP contribution in [0.2, 0.25) is 0 Å². The van der Waals surface area contributed by atoms with E-state index in [9.17, 15) is 5.11 Å². The Kier molecular flexibility index (Phi) is 2.09. The molecule has 2 heterocycles. The number of nitrogens with zero attached hydrogens (tertiary/aromatic N) is 2. The van der Waals surface area contributed by atoms with Crippen LogP contribution in [0.3, 0.4) is 0 Å². The van der Waals surface area contributed by atoms with E-state index in [0.29, 0.717) is 23.0 Å². The molecule has 0 aliphatic heterocycles. The molecule has 6 N–H and O–H groups in total. The number of fused-ring (bicyclic) bond motifs is 1. The van der Waals surface area contributed by atoms with Crippen molar-refractivity contribution in [3.8, 4) is 17.1 Å². The highest BCUT2D eigenvalue weighted by Crippen LogP contribution is 2.27. The van der Waals surface area contributed by atoms with E-state index in [2.05, 4.69) is 15.0 Å². The first-order valence-electron chi connectivity index (χ1n) is 5.34. The standard InChI is InChI=1S/C12H11N5O/c13-7-2-1-6(5-9(7)18)11-15-8-3-4-10(14)16-12(8)17-11/h1-5,18H,13H2,(H3,14,15,16,17). The highest BCUT2D eigenvalue weighted by molar-refractivity contribution is 5.78. The minimum Gasteiger partial charge on any atom is -0.506 e. The number of nitrogens with one attached hydrogen (secondary N) is 1. The van der Waals surface area contributed by atoms with Crippen LogP contribution in [0, 0.1) is 0 Å². The lowest BCUT2D eigenvalue weighted by molar-refractivity contribution is 0.478. The van der Waals surface area contributed by atoms with Gasteiger partial charge in [-0.15, -0.1) is 0 Å². The Bertz CT molecular complexity index is 734. The van der Waals surface area contributed by atoms with E-state index in [4.69, 9.17) is 11.5 Å². The van der Waals surface area contributed by atoms with E-state index in [-0.39, 0.29) is 5.75 Å². The van der Waals surface area contributed by atoms with Crippen molar-refractivity contribution in [2.45, 2.75) is 0 Å². The first-order chi connectivity index (χ1) is 8.63. The number of aromatic hydroxyl groups is 1. The van der Waals surface area contributed by atoms with Crippen molar-refractivity contribution in [3.05, 3.63) is 30.3 Å². The Morgan fingerprint density at radius 1 is 1.06 bits per heavy atom. The molecule has 6 heteroatoms. The molecule has 0 saturated carbocycles. The summed E-state index contributed by atoms with van der Waals surface area (Å²) in [5.74, 6) is 1.06. The third kappa shape index (κ3) is 1.60. The fourth-order valence-corrected chi connectivity index (χ4v) is 1.73. The van der Waals surface area contributed by atoms with Gasteiger partial charge in [-0.3, -0.25) is 0 Å². The van der Waals surface area contributed by atoms with Crippen molar-refractivity contribution in [2.75, 3.05) is 11.5 Å². The van der Waals surface area contributed by atoms with E-state index < -0.39 is 0 Å². The molecule has 0 bridgehead atoms. The molecule has 6 nitrogen and oxygen atoms in total. The molecule has 0 radical (unpaired) electrons. The van der Waals surface area contributed by atoms with Crippen LogP contribution in [-0.4, -0.2) is 20.1 Å². The summed E-state index contributed by atoms with van der Waals surface area (Å²) >= 11 is 0. The lowest BCUT2D eigenvalue weighted by Gasteiger charge is -2.00. The van der Waals surface area contributed by atoms with Gasteiger partial charge in [-0.05, 0) is 30.3 Å². The van der Waals surface area contributed by atoms with Crippen LogP contribution < -0.4 is 11.5 Å². The molecule has 0 fully saturated rings. The second-order valence-corrected chi connectivity index (χ2v) is 3.97. The number of anilines is 2. The number of nitrogen functional groups attached to an aromatic ring is 2. The van der Waals surface area contributed by atoms with Crippen LogP contribution in [-0.2, 0) is 0 Å². The third-order valence-electron chi connectivity index (χ3n) is 2.67. The number of pyridine rings is 1. The molecule has 2 aromatic heterocycles. The van der Waals surface area contributed by atoms with Gasteiger partial charge in [-0.1, -0.05) is 0 Å². The van der Waals surface area contributed by atoms with Crippen LogP contribution in [0.15, 0.2) is 30.3 Å². The Hall–Kier alpha value is -2.76. The first-order valence-corrected chi connectivity index (χ1v) is 5.34. The zero-order valence-electron chi connectivity index (χ0n) is 9.38. The molecule has 0 aliphatic rings. The third-order valence-corrected chi connectivity index (χ3v) is 2.67. The van der Waals surface area contributed by atoms with Crippen molar-refractivity contribution < 1.29 is 5.11 Å². The number of nitrogens with two attached hydrogens (primary N) is 2. The molecule has 3 aromatic rings. The fourth-order valence-electron chi connectivity index (χ4n) is 1.73. The number of aromatic amines is 1. The number of H-pyrrole nitrogens is 1. The number of phenolic OH excluding ortho intramolecular Hbond substituents is 1. The Balaban J connectivity index is 2.16. The molecule has 1 aromatic carbocycles. The predicted octanol–water partition coefficient (Wildman–Crippen LogP) is 1.49. The Labute approximate surface area is 102 Å². The molecule has 90 valence electrons. The molecule has 0 saturated heterocycles. The zero-order chi connectivity index (χ0) is 12.7. The fraction of sp³-hybridized carbons (Fsp3) is 0. The second kappa shape index (κ2) is 3.63. The molecule has 0 spiro atoms. The maximum absolute atomic E-state index is 9.58. The van der Waals surface area contributed by atoms with Gasteiger partial charge in [-0.25, -0.2) is 9.97 Å². The Morgan fingerprint density at radius 2 is 1.89 bits per heavy atom.